The third kappa shape index (κ3) is 2.23. The fraction of sp³-hybridized carbons (Fsp3) is 0.545. The smallest absolute Gasteiger partial charge is 0.248 e. The maximum absolute atomic E-state index is 13.2. The molecular weight excluding hydrogens is 308 g/mol. The van der Waals surface area contributed by atoms with Gasteiger partial charge in [0.1, 0.15) is 4.60 Å². The largest absolute Gasteiger partial charge is 0.369 e. The van der Waals surface area contributed by atoms with E-state index in [4.69, 9.17) is 5.73 Å². The van der Waals surface area contributed by atoms with E-state index in [2.05, 4.69) is 25.9 Å². The summed E-state index contributed by atoms with van der Waals surface area (Å²) in [6, 6.07) is 0. The summed E-state index contributed by atoms with van der Waals surface area (Å²) >= 11 is 3.19. The van der Waals surface area contributed by atoms with E-state index in [-0.39, 0.29) is 25.7 Å². The minimum absolute atomic E-state index is 0.00731. The molecule has 0 spiro atoms. The number of alkyl halides is 2. The maximum Gasteiger partial charge on any atom is 0.248 e. The van der Waals surface area contributed by atoms with Crippen LogP contribution in [0.3, 0.4) is 0 Å². The monoisotopic (exact) mass is 319 g/mol. The fourth-order valence-corrected chi connectivity index (χ4v) is 2.88. The normalized spacial score (nSPS) is 21.5. The second-order valence-electron chi connectivity index (χ2n) is 4.50. The molecule has 1 saturated carbocycles. The van der Waals surface area contributed by atoms with Gasteiger partial charge in [0.15, 0.2) is 0 Å². The van der Waals surface area contributed by atoms with Crippen molar-refractivity contribution in [2.75, 3.05) is 0 Å². The molecule has 0 radical (unpaired) electrons. The Kier molecular flexibility index (Phi) is 3.35. The molecule has 1 aromatic heterocycles. The summed E-state index contributed by atoms with van der Waals surface area (Å²) in [6.45, 7) is 0. The third-order valence-electron chi connectivity index (χ3n) is 3.41. The van der Waals surface area contributed by atoms with Crippen LogP contribution in [0.4, 0.5) is 8.78 Å². The summed E-state index contributed by atoms with van der Waals surface area (Å²) in [4.78, 5) is 19.8. The number of hydrogen-bond donors (Lipinski definition) is 1. The van der Waals surface area contributed by atoms with Gasteiger partial charge >= 0.3 is 0 Å². The molecule has 18 heavy (non-hydrogen) atoms. The number of halogens is 3. The fourth-order valence-electron chi connectivity index (χ4n) is 2.28. The standard InChI is InChI=1S/C11H12BrF2N3O/c12-8-7(16-5-6-17-8)10(9(15)18)1-3-11(13,14)4-2-10/h5-6H,1-4H2,(H2,15,18). The van der Waals surface area contributed by atoms with Gasteiger partial charge < -0.3 is 5.73 Å². The Bertz CT molecular complexity index is 471. The molecule has 1 aliphatic rings. The highest BCUT2D eigenvalue weighted by Crippen LogP contribution is 2.45. The van der Waals surface area contributed by atoms with E-state index < -0.39 is 17.2 Å². The SMILES string of the molecule is NC(=O)C1(c2nccnc2Br)CCC(F)(F)CC1. The summed E-state index contributed by atoms with van der Waals surface area (Å²) in [5.41, 5.74) is 4.63. The summed E-state index contributed by atoms with van der Waals surface area (Å²) in [5.74, 6) is -3.35. The predicted molar refractivity (Wildman–Crippen MR) is 64.0 cm³/mol. The molecule has 7 heteroatoms. The molecule has 2 N–H and O–H groups in total. The van der Waals surface area contributed by atoms with Gasteiger partial charge in [-0.25, -0.2) is 13.8 Å². The van der Waals surface area contributed by atoms with Crippen molar-refractivity contribution >= 4 is 21.8 Å². The van der Waals surface area contributed by atoms with E-state index in [0.717, 1.165) is 0 Å². The van der Waals surface area contributed by atoms with E-state index in [1.807, 2.05) is 0 Å². The minimum Gasteiger partial charge on any atom is -0.369 e. The van der Waals surface area contributed by atoms with Crippen molar-refractivity contribution in [1.29, 1.82) is 0 Å². The number of rotatable bonds is 2. The topological polar surface area (TPSA) is 68.9 Å². The number of hydrogen-bond acceptors (Lipinski definition) is 3. The van der Waals surface area contributed by atoms with Gasteiger partial charge in [-0.3, -0.25) is 9.78 Å². The molecule has 0 aromatic carbocycles. The number of carbonyl (C=O) groups excluding carboxylic acids is 1. The highest BCUT2D eigenvalue weighted by atomic mass is 79.9. The van der Waals surface area contributed by atoms with Gasteiger partial charge in [-0.2, -0.15) is 0 Å². The van der Waals surface area contributed by atoms with Crippen molar-refractivity contribution in [3.63, 3.8) is 0 Å². The number of nitrogens with two attached hydrogens (primary N) is 1. The van der Waals surface area contributed by atoms with Crippen LogP contribution < -0.4 is 5.73 Å². The average Bonchev–Trinajstić information content (AvgIpc) is 2.30. The van der Waals surface area contributed by atoms with Crippen LogP contribution in [0.1, 0.15) is 31.4 Å². The average molecular weight is 320 g/mol. The zero-order valence-corrected chi connectivity index (χ0v) is 11.1. The Morgan fingerprint density at radius 2 is 1.78 bits per heavy atom. The Morgan fingerprint density at radius 1 is 1.22 bits per heavy atom. The van der Waals surface area contributed by atoms with E-state index in [0.29, 0.717) is 10.3 Å². The molecular formula is C11H12BrF2N3O. The Labute approximate surface area is 111 Å². The summed E-state index contributed by atoms with van der Waals surface area (Å²) in [5, 5.41) is 0. The highest BCUT2D eigenvalue weighted by Gasteiger charge is 2.49. The van der Waals surface area contributed by atoms with Gasteiger partial charge in [-0.05, 0) is 28.8 Å². The van der Waals surface area contributed by atoms with Crippen LogP contribution in [0.25, 0.3) is 0 Å². The predicted octanol–water partition coefficient (Wildman–Crippen LogP) is 2.17. The number of aromatic nitrogens is 2. The highest BCUT2D eigenvalue weighted by molar-refractivity contribution is 9.10. The molecule has 0 bridgehead atoms. The summed E-state index contributed by atoms with van der Waals surface area (Å²) in [7, 11) is 0. The molecule has 98 valence electrons. The van der Waals surface area contributed by atoms with E-state index in [1.54, 1.807) is 0 Å². The van der Waals surface area contributed by atoms with Crippen LogP contribution in [-0.2, 0) is 10.2 Å². The quantitative estimate of drug-likeness (QED) is 0.908. The van der Waals surface area contributed by atoms with Crippen LogP contribution in [0.5, 0.6) is 0 Å². The van der Waals surface area contributed by atoms with Crippen LogP contribution >= 0.6 is 15.9 Å². The third-order valence-corrected chi connectivity index (χ3v) is 3.99. The molecule has 1 amide bonds. The molecule has 1 heterocycles. The molecule has 4 nitrogen and oxygen atoms in total. The minimum atomic E-state index is -2.73. The zero-order chi connectivity index (χ0) is 13.4. The zero-order valence-electron chi connectivity index (χ0n) is 9.50. The molecule has 0 aliphatic heterocycles. The van der Waals surface area contributed by atoms with Crippen LogP contribution in [-0.4, -0.2) is 21.8 Å². The van der Waals surface area contributed by atoms with Crippen molar-refractivity contribution in [3.05, 3.63) is 22.7 Å². The Hall–Kier alpha value is -1.11. The molecule has 0 unspecified atom stereocenters. The molecule has 1 aliphatic carbocycles. The van der Waals surface area contributed by atoms with Crippen LogP contribution in [0.2, 0.25) is 0 Å². The van der Waals surface area contributed by atoms with Gasteiger partial charge in [0, 0.05) is 25.2 Å². The first-order valence-corrected chi connectivity index (χ1v) is 6.31. The van der Waals surface area contributed by atoms with E-state index in [1.165, 1.54) is 12.4 Å². The summed E-state index contributed by atoms with van der Waals surface area (Å²) in [6.07, 6.45) is 2.15. The number of primary amides is 1. The Balaban J connectivity index is 2.42. The van der Waals surface area contributed by atoms with Crippen LogP contribution in [0, 0.1) is 0 Å². The first-order valence-electron chi connectivity index (χ1n) is 5.52. The lowest BCUT2D eigenvalue weighted by molar-refractivity contribution is -0.129. The van der Waals surface area contributed by atoms with Gasteiger partial charge in [0.05, 0.1) is 11.1 Å². The first-order chi connectivity index (χ1) is 8.37. The number of nitrogens with zero attached hydrogens (tertiary/aromatic N) is 2. The first kappa shape index (κ1) is 13.3. The molecule has 0 atom stereocenters. The lowest BCUT2D eigenvalue weighted by atomic mass is 9.70. The van der Waals surface area contributed by atoms with E-state index in [9.17, 15) is 13.6 Å². The van der Waals surface area contributed by atoms with Gasteiger partial charge in [-0.15, -0.1) is 0 Å². The van der Waals surface area contributed by atoms with Crippen molar-refractivity contribution in [1.82, 2.24) is 9.97 Å². The van der Waals surface area contributed by atoms with Gasteiger partial charge in [-0.1, -0.05) is 0 Å². The molecule has 1 fully saturated rings. The summed E-state index contributed by atoms with van der Waals surface area (Å²) < 4.78 is 26.8. The molecule has 2 rings (SSSR count). The van der Waals surface area contributed by atoms with E-state index >= 15 is 0 Å². The van der Waals surface area contributed by atoms with Crippen molar-refractivity contribution in [2.45, 2.75) is 37.0 Å². The van der Waals surface area contributed by atoms with Crippen molar-refractivity contribution < 1.29 is 13.6 Å². The number of amides is 1. The van der Waals surface area contributed by atoms with Gasteiger partial charge in [0.25, 0.3) is 0 Å². The van der Waals surface area contributed by atoms with Crippen molar-refractivity contribution in [2.24, 2.45) is 5.73 Å². The van der Waals surface area contributed by atoms with Crippen LogP contribution in [0.15, 0.2) is 17.0 Å². The molecule has 1 aromatic rings. The lowest BCUT2D eigenvalue weighted by Gasteiger charge is -2.37. The lowest BCUT2D eigenvalue weighted by Crippen LogP contribution is -2.47. The Morgan fingerprint density at radius 3 is 2.28 bits per heavy atom. The van der Waals surface area contributed by atoms with Gasteiger partial charge in [0.2, 0.25) is 11.8 Å². The van der Waals surface area contributed by atoms with Crippen molar-refractivity contribution in [3.8, 4) is 0 Å². The second kappa shape index (κ2) is 4.53. The maximum atomic E-state index is 13.2. The molecule has 0 saturated heterocycles. The number of carbonyl (C=O) groups is 1. The second-order valence-corrected chi connectivity index (χ2v) is 5.25.